The molecule has 0 saturated carbocycles. The number of rotatable bonds is 2. The molecule has 0 atom stereocenters. The standard InChI is InChI=1S/C13H12N2O3S/c1-6-10(13(17)18)12(16)15-11(14-6)9-5-7-3-2-4-8(7)19-9/h5H,2-4H2,1H3,(H,17,18)(H,14,15,16). The van der Waals surface area contributed by atoms with E-state index in [1.165, 1.54) is 16.9 Å². The van der Waals surface area contributed by atoms with E-state index in [1.807, 2.05) is 6.07 Å². The highest BCUT2D eigenvalue weighted by Gasteiger charge is 2.19. The Morgan fingerprint density at radius 3 is 2.89 bits per heavy atom. The highest BCUT2D eigenvalue weighted by Crippen LogP contribution is 2.34. The summed E-state index contributed by atoms with van der Waals surface area (Å²) in [4.78, 5) is 31.8. The number of hydrogen-bond acceptors (Lipinski definition) is 4. The minimum absolute atomic E-state index is 0.250. The molecular formula is C13H12N2O3S. The third-order valence-corrected chi connectivity index (χ3v) is 4.54. The lowest BCUT2D eigenvalue weighted by Crippen LogP contribution is -2.21. The van der Waals surface area contributed by atoms with Crippen molar-refractivity contribution < 1.29 is 9.90 Å². The zero-order valence-corrected chi connectivity index (χ0v) is 11.1. The highest BCUT2D eigenvalue weighted by atomic mass is 32.1. The van der Waals surface area contributed by atoms with E-state index in [0.717, 1.165) is 17.7 Å². The number of aromatic nitrogens is 2. The van der Waals surface area contributed by atoms with Crippen molar-refractivity contribution in [3.05, 3.63) is 38.1 Å². The first kappa shape index (κ1) is 12.1. The molecule has 0 saturated heterocycles. The van der Waals surface area contributed by atoms with Gasteiger partial charge in [-0.1, -0.05) is 0 Å². The summed E-state index contributed by atoms with van der Waals surface area (Å²) in [5.41, 5.74) is 0.693. The van der Waals surface area contributed by atoms with Crippen molar-refractivity contribution in [2.24, 2.45) is 0 Å². The second kappa shape index (κ2) is 4.31. The minimum Gasteiger partial charge on any atom is -0.477 e. The van der Waals surface area contributed by atoms with Crippen LogP contribution in [0.1, 0.15) is 32.9 Å². The smallest absolute Gasteiger partial charge is 0.343 e. The predicted molar refractivity (Wildman–Crippen MR) is 71.9 cm³/mol. The molecule has 6 heteroatoms. The van der Waals surface area contributed by atoms with Crippen LogP contribution in [-0.4, -0.2) is 21.0 Å². The van der Waals surface area contributed by atoms with Crippen molar-refractivity contribution in [1.82, 2.24) is 9.97 Å². The lowest BCUT2D eigenvalue weighted by molar-refractivity contribution is 0.0693. The molecule has 0 bridgehead atoms. The van der Waals surface area contributed by atoms with Crippen molar-refractivity contribution >= 4 is 17.3 Å². The molecule has 0 fully saturated rings. The molecule has 2 aromatic heterocycles. The van der Waals surface area contributed by atoms with Crippen LogP contribution in [0.2, 0.25) is 0 Å². The van der Waals surface area contributed by atoms with Crippen molar-refractivity contribution in [1.29, 1.82) is 0 Å². The monoisotopic (exact) mass is 276 g/mol. The van der Waals surface area contributed by atoms with Crippen LogP contribution in [0.15, 0.2) is 10.9 Å². The molecule has 3 rings (SSSR count). The molecule has 19 heavy (non-hydrogen) atoms. The van der Waals surface area contributed by atoms with Gasteiger partial charge in [0.2, 0.25) is 0 Å². The number of nitrogens with zero attached hydrogens (tertiary/aromatic N) is 1. The molecule has 2 heterocycles. The van der Waals surface area contributed by atoms with Crippen molar-refractivity contribution in [3.63, 3.8) is 0 Å². The van der Waals surface area contributed by atoms with E-state index in [9.17, 15) is 9.59 Å². The maximum atomic E-state index is 11.8. The van der Waals surface area contributed by atoms with E-state index < -0.39 is 11.5 Å². The Hall–Kier alpha value is -1.95. The Morgan fingerprint density at radius 2 is 2.26 bits per heavy atom. The molecule has 2 aromatic rings. The van der Waals surface area contributed by atoms with Crippen LogP contribution in [0.3, 0.4) is 0 Å². The summed E-state index contributed by atoms with van der Waals surface area (Å²) in [6, 6.07) is 2.05. The second-order valence-electron chi connectivity index (χ2n) is 4.59. The average Bonchev–Trinajstić information content (AvgIpc) is 2.86. The Balaban J connectivity index is 2.11. The van der Waals surface area contributed by atoms with E-state index in [4.69, 9.17) is 5.11 Å². The van der Waals surface area contributed by atoms with Crippen molar-refractivity contribution in [2.75, 3.05) is 0 Å². The SMILES string of the molecule is Cc1nc(-c2cc3c(s2)CCC3)[nH]c(=O)c1C(=O)O. The van der Waals surface area contributed by atoms with Crippen LogP contribution in [0.5, 0.6) is 0 Å². The fourth-order valence-electron chi connectivity index (χ4n) is 2.40. The van der Waals surface area contributed by atoms with Crippen LogP contribution < -0.4 is 5.56 Å². The summed E-state index contributed by atoms with van der Waals surface area (Å²) in [7, 11) is 0. The molecular weight excluding hydrogens is 264 g/mol. The maximum Gasteiger partial charge on any atom is 0.343 e. The summed E-state index contributed by atoms with van der Waals surface area (Å²) in [5.74, 6) is -0.779. The molecule has 1 aliphatic rings. The Labute approximate surface area is 113 Å². The number of aryl methyl sites for hydroxylation is 3. The third kappa shape index (κ3) is 1.98. The number of carbonyl (C=O) groups is 1. The van der Waals surface area contributed by atoms with E-state index in [1.54, 1.807) is 18.3 Å². The van der Waals surface area contributed by atoms with Crippen LogP contribution in [0.25, 0.3) is 10.7 Å². The summed E-state index contributed by atoms with van der Waals surface area (Å²) < 4.78 is 0. The molecule has 0 aliphatic heterocycles. The molecule has 0 aromatic carbocycles. The van der Waals surface area contributed by atoms with Crippen molar-refractivity contribution in [2.45, 2.75) is 26.2 Å². The summed E-state index contributed by atoms with van der Waals surface area (Å²) >= 11 is 1.63. The lowest BCUT2D eigenvalue weighted by atomic mass is 10.2. The molecule has 0 radical (unpaired) electrons. The van der Waals surface area contributed by atoms with Crippen LogP contribution in [0.4, 0.5) is 0 Å². The van der Waals surface area contributed by atoms with E-state index in [0.29, 0.717) is 5.82 Å². The third-order valence-electron chi connectivity index (χ3n) is 3.29. The number of aromatic carboxylic acids is 1. The first-order valence-electron chi connectivity index (χ1n) is 6.02. The molecule has 0 amide bonds. The molecule has 0 spiro atoms. The Bertz CT molecular complexity index is 708. The van der Waals surface area contributed by atoms with Gasteiger partial charge < -0.3 is 10.1 Å². The van der Waals surface area contributed by atoms with Gasteiger partial charge in [0.1, 0.15) is 5.56 Å². The normalized spacial score (nSPS) is 13.5. The Morgan fingerprint density at radius 1 is 1.47 bits per heavy atom. The molecule has 2 N–H and O–H groups in total. The summed E-state index contributed by atoms with van der Waals surface area (Å²) in [5, 5.41) is 8.95. The van der Waals surface area contributed by atoms with Gasteiger partial charge in [0.05, 0.1) is 10.6 Å². The zero-order chi connectivity index (χ0) is 13.6. The summed E-state index contributed by atoms with van der Waals surface area (Å²) in [6.45, 7) is 1.55. The van der Waals surface area contributed by atoms with Gasteiger partial charge in [0.15, 0.2) is 5.82 Å². The number of carboxylic acids is 1. The fraction of sp³-hybridized carbons (Fsp3) is 0.308. The number of nitrogens with one attached hydrogen (secondary N) is 1. The number of H-pyrrole nitrogens is 1. The summed E-state index contributed by atoms with van der Waals surface area (Å²) in [6.07, 6.45) is 3.33. The van der Waals surface area contributed by atoms with Gasteiger partial charge in [0.25, 0.3) is 5.56 Å². The first-order chi connectivity index (χ1) is 9.06. The Kier molecular flexibility index (Phi) is 2.74. The van der Waals surface area contributed by atoms with Gasteiger partial charge in [-0.05, 0) is 37.8 Å². The van der Waals surface area contributed by atoms with Gasteiger partial charge in [-0.25, -0.2) is 9.78 Å². The number of thiophene rings is 1. The van der Waals surface area contributed by atoms with E-state index in [-0.39, 0.29) is 11.3 Å². The predicted octanol–water partition coefficient (Wildman–Crippen LogP) is 1.99. The fourth-order valence-corrected chi connectivity index (χ4v) is 3.60. The zero-order valence-electron chi connectivity index (χ0n) is 10.3. The van der Waals surface area contributed by atoms with Crippen LogP contribution in [-0.2, 0) is 12.8 Å². The number of fused-ring (bicyclic) bond motifs is 1. The number of aromatic amines is 1. The van der Waals surface area contributed by atoms with Gasteiger partial charge in [-0.3, -0.25) is 4.79 Å². The molecule has 5 nitrogen and oxygen atoms in total. The minimum atomic E-state index is -1.24. The topological polar surface area (TPSA) is 83.0 Å². The largest absolute Gasteiger partial charge is 0.477 e. The van der Waals surface area contributed by atoms with Gasteiger partial charge >= 0.3 is 5.97 Å². The highest BCUT2D eigenvalue weighted by molar-refractivity contribution is 7.15. The number of hydrogen-bond donors (Lipinski definition) is 2. The molecule has 0 unspecified atom stereocenters. The van der Waals surface area contributed by atoms with Gasteiger partial charge in [0, 0.05) is 4.88 Å². The second-order valence-corrected chi connectivity index (χ2v) is 5.73. The van der Waals surface area contributed by atoms with Gasteiger partial charge in [-0.15, -0.1) is 11.3 Å². The quantitative estimate of drug-likeness (QED) is 0.878. The molecule has 1 aliphatic carbocycles. The van der Waals surface area contributed by atoms with E-state index in [2.05, 4.69) is 9.97 Å². The maximum absolute atomic E-state index is 11.8. The van der Waals surface area contributed by atoms with Crippen molar-refractivity contribution in [3.8, 4) is 10.7 Å². The molecule has 98 valence electrons. The first-order valence-corrected chi connectivity index (χ1v) is 6.84. The van der Waals surface area contributed by atoms with Gasteiger partial charge in [-0.2, -0.15) is 0 Å². The average molecular weight is 276 g/mol. The lowest BCUT2D eigenvalue weighted by Gasteiger charge is -2.02. The van der Waals surface area contributed by atoms with Crippen LogP contribution in [0, 0.1) is 6.92 Å². The number of carboxylic acid groups (broad SMARTS) is 1. The van der Waals surface area contributed by atoms with Crippen LogP contribution >= 0.6 is 11.3 Å². The van der Waals surface area contributed by atoms with E-state index >= 15 is 0 Å².